The number of halogens is 2. The summed E-state index contributed by atoms with van der Waals surface area (Å²) in [4.78, 5) is 16.2. The summed E-state index contributed by atoms with van der Waals surface area (Å²) in [7, 11) is 1.65. The van der Waals surface area contributed by atoms with Gasteiger partial charge in [0.05, 0.1) is 0 Å². The van der Waals surface area contributed by atoms with E-state index in [1.54, 1.807) is 7.05 Å². The number of nitrogens with zero attached hydrogens (tertiary/aromatic N) is 2. The molecule has 0 radical (unpaired) electrons. The molecule has 1 fully saturated rings. The topological polar surface area (TPSA) is 23.6 Å². The zero-order valence-corrected chi connectivity index (χ0v) is 14.3. The van der Waals surface area contributed by atoms with E-state index in [1.807, 2.05) is 12.1 Å². The van der Waals surface area contributed by atoms with Gasteiger partial charge in [-0.25, -0.2) is 8.78 Å². The average Bonchev–Trinajstić information content (AvgIpc) is 2.64. The van der Waals surface area contributed by atoms with Gasteiger partial charge in [-0.15, -0.1) is 0 Å². The van der Waals surface area contributed by atoms with Crippen molar-refractivity contribution < 1.29 is 13.6 Å². The number of amides is 1. The molecular formula is C20H22F2N2O. The quantitative estimate of drug-likeness (QED) is 0.829. The van der Waals surface area contributed by atoms with Crippen molar-refractivity contribution in [3.8, 4) is 0 Å². The van der Waals surface area contributed by atoms with Crippen LogP contribution < -0.4 is 4.90 Å². The van der Waals surface area contributed by atoms with E-state index < -0.39 is 11.6 Å². The minimum Gasteiger partial charge on any atom is -0.372 e. The Morgan fingerprint density at radius 2 is 1.68 bits per heavy atom. The maximum absolute atomic E-state index is 13.3. The molecule has 0 bridgehead atoms. The molecule has 1 saturated heterocycles. The van der Waals surface area contributed by atoms with E-state index in [0.29, 0.717) is 6.54 Å². The van der Waals surface area contributed by atoms with Crippen LogP contribution in [0.15, 0.2) is 42.5 Å². The van der Waals surface area contributed by atoms with Crippen LogP contribution in [0.5, 0.6) is 0 Å². The number of benzene rings is 2. The summed E-state index contributed by atoms with van der Waals surface area (Å²) in [5.74, 6) is -2.29. The third-order valence-electron chi connectivity index (χ3n) is 4.59. The lowest BCUT2D eigenvalue weighted by Crippen LogP contribution is -2.29. The Balaban J connectivity index is 1.64. The van der Waals surface area contributed by atoms with Crippen LogP contribution in [0, 0.1) is 11.6 Å². The van der Waals surface area contributed by atoms with Gasteiger partial charge < -0.3 is 9.80 Å². The minimum absolute atomic E-state index is 0.145. The second kappa shape index (κ2) is 7.64. The van der Waals surface area contributed by atoms with E-state index in [1.165, 1.54) is 35.9 Å². The van der Waals surface area contributed by atoms with Gasteiger partial charge in [0.25, 0.3) is 5.91 Å². The molecule has 5 heteroatoms. The summed E-state index contributed by atoms with van der Waals surface area (Å²) in [6.45, 7) is 2.60. The first kappa shape index (κ1) is 17.4. The molecule has 1 aliphatic heterocycles. The summed E-state index contributed by atoms with van der Waals surface area (Å²) in [6.07, 6.45) is 3.76. The van der Waals surface area contributed by atoms with Gasteiger partial charge in [0.2, 0.25) is 0 Å². The van der Waals surface area contributed by atoms with E-state index in [9.17, 15) is 13.6 Å². The van der Waals surface area contributed by atoms with Crippen molar-refractivity contribution in [3.63, 3.8) is 0 Å². The van der Waals surface area contributed by atoms with Gasteiger partial charge >= 0.3 is 0 Å². The highest BCUT2D eigenvalue weighted by molar-refractivity contribution is 5.94. The first-order chi connectivity index (χ1) is 12.0. The predicted octanol–water partition coefficient (Wildman–Crippen LogP) is 4.23. The van der Waals surface area contributed by atoms with Crippen molar-refractivity contribution >= 4 is 11.6 Å². The smallest absolute Gasteiger partial charge is 0.254 e. The van der Waals surface area contributed by atoms with Gasteiger partial charge in [-0.05, 0) is 55.2 Å². The molecule has 0 N–H and O–H groups in total. The van der Waals surface area contributed by atoms with Gasteiger partial charge in [0.15, 0.2) is 11.6 Å². The van der Waals surface area contributed by atoms with Crippen molar-refractivity contribution in [1.82, 2.24) is 4.90 Å². The van der Waals surface area contributed by atoms with Gasteiger partial charge in [0.1, 0.15) is 0 Å². The van der Waals surface area contributed by atoms with Crippen molar-refractivity contribution in [2.24, 2.45) is 0 Å². The van der Waals surface area contributed by atoms with Crippen molar-refractivity contribution in [2.75, 3.05) is 25.0 Å². The van der Waals surface area contributed by atoms with Crippen LogP contribution in [-0.2, 0) is 6.54 Å². The average molecular weight is 344 g/mol. The standard InChI is InChI=1S/C20H22F2N2O/c1-23(20(25)16-7-10-18(21)19(22)13-16)14-15-5-8-17(9-6-15)24-11-3-2-4-12-24/h5-10,13H,2-4,11-12,14H2,1H3. The molecule has 1 aliphatic rings. The first-order valence-corrected chi connectivity index (χ1v) is 8.59. The van der Waals surface area contributed by atoms with Gasteiger partial charge in [-0.3, -0.25) is 4.79 Å². The number of hydrogen-bond acceptors (Lipinski definition) is 2. The minimum atomic E-state index is -1.01. The van der Waals surface area contributed by atoms with E-state index in [4.69, 9.17) is 0 Å². The van der Waals surface area contributed by atoms with Crippen LogP contribution in [0.25, 0.3) is 0 Å². The summed E-state index contributed by atoms with van der Waals surface area (Å²) >= 11 is 0. The summed E-state index contributed by atoms with van der Waals surface area (Å²) in [6, 6.07) is 11.4. The highest BCUT2D eigenvalue weighted by Gasteiger charge is 2.15. The monoisotopic (exact) mass is 344 g/mol. The Kier molecular flexibility index (Phi) is 5.31. The molecule has 1 amide bonds. The van der Waals surface area contributed by atoms with Crippen LogP contribution in [0.3, 0.4) is 0 Å². The summed E-state index contributed by atoms with van der Waals surface area (Å²) < 4.78 is 26.3. The van der Waals surface area contributed by atoms with E-state index >= 15 is 0 Å². The number of carbonyl (C=O) groups is 1. The summed E-state index contributed by atoms with van der Waals surface area (Å²) in [5.41, 5.74) is 2.35. The van der Waals surface area contributed by atoms with Crippen LogP contribution in [-0.4, -0.2) is 30.9 Å². The van der Waals surface area contributed by atoms with Crippen LogP contribution in [0.2, 0.25) is 0 Å². The fourth-order valence-corrected chi connectivity index (χ4v) is 3.16. The predicted molar refractivity (Wildman–Crippen MR) is 94.7 cm³/mol. The Morgan fingerprint density at radius 3 is 2.32 bits per heavy atom. The molecule has 0 aromatic heterocycles. The lowest BCUT2D eigenvalue weighted by atomic mass is 10.1. The van der Waals surface area contributed by atoms with Crippen LogP contribution in [0.1, 0.15) is 35.2 Å². The fourth-order valence-electron chi connectivity index (χ4n) is 3.16. The molecule has 1 heterocycles. The zero-order valence-electron chi connectivity index (χ0n) is 14.3. The van der Waals surface area contributed by atoms with E-state index in [2.05, 4.69) is 17.0 Å². The van der Waals surface area contributed by atoms with Gasteiger partial charge in [-0.1, -0.05) is 12.1 Å². The van der Waals surface area contributed by atoms with Gasteiger partial charge in [-0.2, -0.15) is 0 Å². The fraction of sp³-hybridized carbons (Fsp3) is 0.350. The molecule has 0 atom stereocenters. The molecule has 0 aliphatic carbocycles. The highest BCUT2D eigenvalue weighted by Crippen LogP contribution is 2.21. The number of rotatable bonds is 4. The number of anilines is 1. The molecule has 0 saturated carbocycles. The second-order valence-corrected chi connectivity index (χ2v) is 6.50. The molecule has 2 aromatic rings. The van der Waals surface area contributed by atoms with E-state index in [0.717, 1.165) is 30.8 Å². The Morgan fingerprint density at radius 1 is 1.00 bits per heavy atom. The third-order valence-corrected chi connectivity index (χ3v) is 4.59. The number of hydrogen-bond donors (Lipinski definition) is 0. The molecule has 2 aromatic carbocycles. The molecule has 25 heavy (non-hydrogen) atoms. The van der Waals surface area contributed by atoms with Gasteiger partial charge in [0, 0.05) is 37.9 Å². The molecule has 132 valence electrons. The lowest BCUT2D eigenvalue weighted by molar-refractivity contribution is 0.0784. The lowest BCUT2D eigenvalue weighted by Gasteiger charge is -2.29. The SMILES string of the molecule is CN(Cc1ccc(N2CCCCC2)cc1)C(=O)c1ccc(F)c(F)c1. The second-order valence-electron chi connectivity index (χ2n) is 6.50. The summed E-state index contributed by atoms with van der Waals surface area (Å²) in [5, 5.41) is 0. The third kappa shape index (κ3) is 4.16. The number of piperidine rings is 1. The largest absolute Gasteiger partial charge is 0.372 e. The maximum atomic E-state index is 13.3. The highest BCUT2D eigenvalue weighted by atomic mass is 19.2. The molecule has 3 rings (SSSR count). The molecule has 0 unspecified atom stereocenters. The Bertz CT molecular complexity index is 740. The zero-order chi connectivity index (χ0) is 17.8. The van der Waals surface area contributed by atoms with Crippen LogP contribution >= 0.6 is 0 Å². The number of carbonyl (C=O) groups excluding carboxylic acids is 1. The van der Waals surface area contributed by atoms with Crippen LogP contribution in [0.4, 0.5) is 14.5 Å². The van der Waals surface area contributed by atoms with Crippen molar-refractivity contribution in [3.05, 3.63) is 65.2 Å². The maximum Gasteiger partial charge on any atom is 0.254 e. The normalized spacial score (nSPS) is 14.4. The van der Waals surface area contributed by atoms with Crippen molar-refractivity contribution in [1.29, 1.82) is 0 Å². The van der Waals surface area contributed by atoms with E-state index in [-0.39, 0.29) is 11.5 Å². The molecular weight excluding hydrogens is 322 g/mol. The Hall–Kier alpha value is -2.43. The van der Waals surface area contributed by atoms with Crippen molar-refractivity contribution in [2.45, 2.75) is 25.8 Å². The molecule has 3 nitrogen and oxygen atoms in total. The Labute approximate surface area is 146 Å². The first-order valence-electron chi connectivity index (χ1n) is 8.59. The molecule has 0 spiro atoms.